The lowest BCUT2D eigenvalue weighted by Crippen LogP contribution is -2.43. The van der Waals surface area contributed by atoms with Gasteiger partial charge in [0.05, 0.1) is 18.1 Å². The molecule has 9 heteroatoms. The van der Waals surface area contributed by atoms with E-state index in [1.807, 2.05) is 6.07 Å². The Morgan fingerprint density at radius 2 is 2.15 bits per heavy atom. The van der Waals surface area contributed by atoms with E-state index in [9.17, 15) is 8.42 Å². The Bertz CT molecular complexity index is 896. The number of aryl methyl sites for hydroxylation is 2. The van der Waals surface area contributed by atoms with Gasteiger partial charge >= 0.3 is 0 Å². The SMILES string of the molecule is COCc1nc(C2COCCN2S(=O)(=O)c2ccc3c(c2)CCC3)no1. The van der Waals surface area contributed by atoms with Crippen molar-refractivity contribution in [2.75, 3.05) is 26.9 Å². The molecular formula is C17H21N3O5S. The van der Waals surface area contributed by atoms with Crippen LogP contribution < -0.4 is 0 Å². The normalized spacial score (nSPS) is 21.0. The second-order valence-electron chi connectivity index (χ2n) is 6.47. The van der Waals surface area contributed by atoms with Gasteiger partial charge in [0.25, 0.3) is 5.89 Å². The van der Waals surface area contributed by atoms with Gasteiger partial charge in [-0.25, -0.2) is 8.42 Å². The molecule has 0 spiro atoms. The van der Waals surface area contributed by atoms with Crippen LogP contribution in [0.3, 0.4) is 0 Å². The Hall–Kier alpha value is -1.81. The molecule has 1 saturated heterocycles. The highest BCUT2D eigenvalue weighted by molar-refractivity contribution is 7.89. The van der Waals surface area contributed by atoms with Gasteiger partial charge in [-0.15, -0.1) is 0 Å². The fourth-order valence-corrected chi connectivity index (χ4v) is 5.12. The maximum atomic E-state index is 13.3. The third-order valence-corrected chi connectivity index (χ3v) is 6.71. The zero-order valence-electron chi connectivity index (χ0n) is 14.6. The molecule has 0 saturated carbocycles. The van der Waals surface area contributed by atoms with Gasteiger partial charge < -0.3 is 14.0 Å². The summed E-state index contributed by atoms with van der Waals surface area (Å²) >= 11 is 0. The highest BCUT2D eigenvalue weighted by atomic mass is 32.2. The number of nitrogens with zero attached hydrogens (tertiary/aromatic N) is 3. The Morgan fingerprint density at radius 1 is 1.31 bits per heavy atom. The number of hydrogen-bond donors (Lipinski definition) is 0. The van der Waals surface area contributed by atoms with Crippen LogP contribution in [-0.2, 0) is 38.9 Å². The first-order valence-corrected chi connectivity index (χ1v) is 10.1. The Kier molecular flexibility index (Phi) is 4.78. The van der Waals surface area contributed by atoms with Crippen molar-refractivity contribution in [2.24, 2.45) is 0 Å². The number of aromatic nitrogens is 2. The van der Waals surface area contributed by atoms with Crippen LogP contribution in [0.25, 0.3) is 0 Å². The molecule has 0 N–H and O–H groups in total. The van der Waals surface area contributed by atoms with Gasteiger partial charge in [-0.1, -0.05) is 11.2 Å². The molecule has 1 aliphatic heterocycles. The molecule has 140 valence electrons. The molecule has 2 heterocycles. The topological polar surface area (TPSA) is 94.8 Å². The van der Waals surface area contributed by atoms with Crippen molar-refractivity contribution in [1.82, 2.24) is 14.4 Å². The molecule has 1 atom stereocenters. The van der Waals surface area contributed by atoms with Crippen molar-refractivity contribution < 1.29 is 22.4 Å². The summed E-state index contributed by atoms with van der Waals surface area (Å²) in [5.41, 5.74) is 2.36. The van der Waals surface area contributed by atoms with Crippen LogP contribution in [0, 0.1) is 0 Å². The van der Waals surface area contributed by atoms with E-state index < -0.39 is 16.1 Å². The van der Waals surface area contributed by atoms with E-state index in [1.165, 1.54) is 17.0 Å². The second kappa shape index (κ2) is 7.07. The lowest BCUT2D eigenvalue weighted by Gasteiger charge is -2.32. The summed E-state index contributed by atoms with van der Waals surface area (Å²) in [6, 6.07) is 4.81. The molecule has 1 aliphatic carbocycles. The fourth-order valence-electron chi connectivity index (χ4n) is 3.51. The Labute approximate surface area is 152 Å². The van der Waals surface area contributed by atoms with Gasteiger partial charge in [0.1, 0.15) is 12.6 Å². The zero-order chi connectivity index (χ0) is 18.1. The number of rotatable bonds is 5. The molecule has 0 bridgehead atoms. The van der Waals surface area contributed by atoms with Crippen molar-refractivity contribution >= 4 is 10.0 Å². The van der Waals surface area contributed by atoms with Crippen LogP contribution in [0.15, 0.2) is 27.6 Å². The minimum atomic E-state index is -3.68. The highest BCUT2D eigenvalue weighted by Crippen LogP contribution is 2.31. The summed E-state index contributed by atoms with van der Waals surface area (Å²) in [5, 5.41) is 3.92. The lowest BCUT2D eigenvalue weighted by molar-refractivity contribution is 0.0282. The molecule has 26 heavy (non-hydrogen) atoms. The third-order valence-electron chi connectivity index (χ3n) is 4.81. The van der Waals surface area contributed by atoms with E-state index in [-0.39, 0.29) is 19.8 Å². The first kappa shape index (κ1) is 17.6. The fraction of sp³-hybridized carbons (Fsp3) is 0.529. The maximum Gasteiger partial charge on any atom is 0.252 e. The van der Waals surface area contributed by atoms with Crippen LogP contribution in [0.2, 0.25) is 0 Å². The van der Waals surface area contributed by atoms with Gasteiger partial charge in [-0.3, -0.25) is 0 Å². The number of fused-ring (bicyclic) bond motifs is 1. The monoisotopic (exact) mass is 379 g/mol. The largest absolute Gasteiger partial charge is 0.378 e. The average molecular weight is 379 g/mol. The minimum Gasteiger partial charge on any atom is -0.378 e. The number of sulfonamides is 1. The van der Waals surface area contributed by atoms with Gasteiger partial charge in [0.15, 0.2) is 5.82 Å². The number of methoxy groups -OCH3 is 1. The van der Waals surface area contributed by atoms with Gasteiger partial charge in [-0.2, -0.15) is 9.29 Å². The van der Waals surface area contributed by atoms with Gasteiger partial charge in [0, 0.05) is 13.7 Å². The van der Waals surface area contributed by atoms with E-state index in [4.69, 9.17) is 14.0 Å². The quantitative estimate of drug-likeness (QED) is 0.776. The summed E-state index contributed by atoms with van der Waals surface area (Å²) in [5.74, 6) is 0.601. The second-order valence-corrected chi connectivity index (χ2v) is 8.36. The zero-order valence-corrected chi connectivity index (χ0v) is 15.4. The first-order valence-electron chi connectivity index (χ1n) is 8.62. The van der Waals surface area contributed by atoms with Crippen molar-refractivity contribution in [3.63, 3.8) is 0 Å². The molecule has 8 nitrogen and oxygen atoms in total. The van der Waals surface area contributed by atoms with Crippen LogP contribution >= 0.6 is 0 Å². The predicted molar refractivity (Wildman–Crippen MR) is 90.9 cm³/mol. The summed E-state index contributed by atoms with van der Waals surface area (Å²) in [4.78, 5) is 4.56. The molecule has 2 aliphatic rings. The first-order chi connectivity index (χ1) is 12.6. The molecule has 2 aromatic rings. The molecule has 1 fully saturated rings. The highest BCUT2D eigenvalue weighted by Gasteiger charge is 2.38. The number of morpholine rings is 1. The van der Waals surface area contributed by atoms with E-state index in [0.717, 1.165) is 24.8 Å². The molecule has 0 amide bonds. The Balaban J connectivity index is 1.66. The van der Waals surface area contributed by atoms with Gasteiger partial charge in [-0.05, 0) is 42.5 Å². The predicted octanol–water partition coefficient (Wildman–Crippen LogP) is 1.47. The summed E-state index contributed by atoms with van der Waals surface area (Å²) in [6.45, 7) is 0.954. The lowest BCUT2D eigenvalue weighted by atomic mass is 10.1. The van der Waals surface area contributed by atoms with Crippen LogP contribution in [0.4, 0.5) is 0 Å². The van der Waals surface area contributed by atoms with E-state index in [2.05, 4.69) is 10.1 Å². The van der Waals surface area contributed by atoms with Gasteiger partial charge in [0.2, 0.25) is 10.0 Å². The summed E-state index contributed by atoms with van der Waals surface area (Å²) < 4.78 is 43.5. The Morgan fingerprint density at radius 3 is 3.00 bits per heavy atom. The molecule has 1 aromatic carbocycles. The third kappa shape index (κ3) is 3.16. The molecule has 4 rings (SSSR count). The van der Waals surface area contributed by atoms with Crippen LogP contribution in [-0.4, -0.2) is 49.7 Å². The number of hydrogen-bond acceptors (Lipinski definition) is 7. The average Bonchev–Trinajstić information content (AvgIpc) is 3.30. The number of ether oxygens (including phenoxy) is 2. The molecular weight excluding hydrogens is 358 g/mol. The van der Waals surface area contributed by atoms with Crippen LogP contribution in [0.5, 0.6) is 0 Å². The molecule has 1 unspecified atom stereocenters. The number of benzene rings is 1. The smallest absolute Gasteiger partial charge is 0.252 e. The summed E-state index contributed by atoms with van der Waals surface area (Å²) in [6.07, 6.45) is 3.02. The van der Waals surface area contributed by atoms with Crippen molar-refractivity contribution in [1.29, 1.82) is 0 Å². The van der Waals surface area contributed by atoms with E-state index >= 15 is 0 Å². The maximum absolute atomic E-state index is 13.3. The molecule has 1 aromatic heterocycles. The van der Waals surface area contributed by atoms with Crippen molar-refractivity contribution in [3.8, 4) is 0 Å². The minimum absolute atomic E-state index is 0.179. The molecule has 0 radical (unpaired) electrons. The van der Waals surface area contributed by atoms with E-state index in [1.54, 1.807) is 12.1 Å². The van der Waals surface area contributed by atoms with Crippen molar-refractivity contribution in [3.05, 3.63) is 41.0 Å². The van der Waals surface area contributed by atoms with Crippen molar-refractivity contribution in [2.45, 2.75) is 36.8 Å². The van der Waals surface area contributed by atoms with Crippen LogP contribution in [0.1, 0.15) is 35.3 Å². The standard InChI is InChI=1S/C17H21N3O5S/c1-23-11-16-18-17(19-25-16)15-10-24-8-7-20(15)26(21,22)14-6-5-12-3-2-4-13(12)9-14/h5-6,9,15H,2-4,7-8,10-11H2,1H3. The summed E-state index contributed by atoms with van der Waals surface area (Å²) in [7, 11) is -2.16. The van der Waals surface area contributed by atoms with E-state index in [0.29, 0.717) is 23.2 Å².